The second kappa shape index (κ2) is 6.61. The summed E-state index contributed by atoms with van der Waals surface area (Å²) in [4.78, 5) is 27.5. The molecule has 3 aromatic rings. The average Bonchev–Trinajstić information content (AvgIpc) is 2.99. The normalized spacial score (nSPS) is 16.3. The molecule has 1 amide bonds. The Balaban J connectivity index is 1.52. The Bertz CT molecular complexity index is 1000. The molecule has 0 saturated carbocycles. The second-order valence-corrected chi connectivity index (χ2v) is 7.27. The van der Waals surface area contributed by atoms with E-state index in [0.717, 1.165) is 23.7 Å². The number of fused-ring (bicyclic) bond motifs is 3. The van der Waals surface area contributed by atoms with Crippen LogP contribution in [0.15, 0.2) is 42.5 Å². The third kappa shape index (κ3) is 3.13. The van der Waals surface area contributed by atoms with Crippen molar-refractivity contribution >= 4 is 39.9 Å². The van der Waals surface area contributed by atoms with Gasteiger partial charge in [-0.2, -0.15) is 0 Å². The van der Waals surface area contributed by atoms with Crippen molar-refractivity contribution in [2.75, 3.05) is 5.32 Å². The number of benzene rings is 2. The van der Waals surface area contributed by atoms with E-state index in [4.69, 9.17) is 11.6 Å². The number of carbonyl (C=O) groups is 2. The van der Waals surface area contributed by atoms with E-state index in [2.05, 4.69) is 10.3 Å². The number of hydrogen-bond acceptors (Lipinski definition) is 2. The minimum Gasteiger partial charge on any atom is -0.358 e. The molecule has 0 bridgehead atoms. The van der Waals surface area contributed by atoms with E-state index in [1.54, 1.807) is 24.3 Å². The van der Waals surface area contributed by atoms with Gasteiger partial charge in [0.2, 0.25) is 5.91 Å². The first-order valence-electron chi connectivity index (χ1n) is 8.72. The van der Waals surface area contributed by atoms with Gasteiger partial charge in [-0.3, -0.25) is 9.59 Å². The topological polar surface area (TPSA) is 62.0 Å². The molecular weight excluding hydrogens is 348 g/mol. The number of ketones is 1. The zero-order chi connectivity index (χ0) is 18.3. The molecule has 1 aliphatic carbocycles. The number of amides is 1. The Kier molecular flexibility index (Phi) is 4.29. The predicted octanol–water partition coefficient (Wildman–Crippen LogP) is 4.77. The molecule has 0 aliphatic heterocycles. The summed E-state index contributed by atoms with van der Waals surface area (Å²) in [6, 6.07) is 12.8. The molecule has 1 unspecified atom stereocenters. The van der Waals surface area contributed by atoms with Crippen LogP contribution in [0.2, 0.25) is 5.02 Å². The first-order chi connectivity index (χ1) is 12.5. The number of carbonyl (C=O) groups excluding carboxylic acids is 2. The van der Waals surface area contributed by atoms with Crippen molar-refractivity contribution in [2.45, 2.75) is 26.2 Å². The molecule has 0 fully saturated rings. The Hall–Kier alpha value is -2.59. The van der Waals surface area contributed by atoms with Crippen molar-refractivity contribution in [2.24, 2.45) is 5.92 Å². The highest BCUT2D eigenvalue weighted by molar-refractivity contribution is 6.31. The molecule has 1 atom stereocenters. The SMILES string of the molecule is CC(=O)c1ccc(NC(=O)C2CCc3[nH]c4ccc(Cl)cc4c3C2)cc1. The van der Waals surface area contributed by atoms with Crippen molar-refractivity contribution < 1.29 is 9.59 Å². The highest BCUT2D eigenvalue weighted by atomic mass is 35.5. The number of hydrogen-bond donors (Lipinski definition) is 2. The van der Waals surface area contributed by atoms with Crippen LogP contribution in [0, 0.1) is 5.92 Å². The molecule has 26 heavy (non-hydrogen) atoms. The fourth-order valence-electron chi connectivity index (χ4n) is 3.65. The molecule has 1 heterocycles. The molecule has 0 radical (unpaired) electrons. The lowest BCUT2D eigenvalue weighted by Crippen LogP contribution is -2.28. The average molecular weight is 367 g/mol. The Labute approximate surface area is 156 Å². The fraction of sp³-hybridized carbons (Fsp3) is 0.238. The fourth-order valence-corrected chi connectivity index (χ4v) is 3.82. The van der Waals surface area contributed by atoms with Crippen LogP contribution in [0.1, 0.15) is 35.0 Å². The summed E-state index contributed by atoms with van der Waals surface area (Å²) in [6.45, 7) is 1.53. The summed E-state index contributed by atoms with van der Waals surface area (Å²) in [5.74, 6) is -0.0451. The minimum atomic E-state index is -0.0760. The van der Waals surface area contributed by atoms with E-state index in [0.29, 0.717) is 22.7 Å². The molecule has 1 aliphatic rings. The number of rotatable bonds is 3. The Morgan fingerprint density at radius 2 is 1.92 bits per heavy atom. The van der Waals surface area contributed by atoms with E-state index in [1.165, 1.54) is 18.2 Å². The monoisotopic (exact) mass is 366 g/mol. The summed E-state index contributed by atoms with van der Waals surface area (Å²) in [6.07, 6.45) is 2.36. The number of aromatic nitrogens is 1. The molecule has 0 saturated heterocycles. The van der Waals surface area contributed by atoms with Crippen LogP contribution in [0.25, 0.3) is 10.9 Å². The van der Waals surface area contributed by atoms with Crippen LogP contribution in [0.4, 0.5) is 5.69 Å². The maximum absolute atomic E-state index is 12.7. The maximum Gasteiger partial charge on any atom is 0.227 e. The van der Waals surface area contributed by atoms with Gasteiger partial charge in [0.25, 0.3) is 0 Å². The molecule has 2 aromatic carbocycles. The van der Waals surface area contributed by atoms with Crippen LogP contribution in [-0.2, 0) is 17.6 Å². The van der Waals surface area contributed by atoms with Gasteiger partial charge in [0.15, 0.2) is 5.78 Å². The van der Waals surface area contributed by atoms with Crippen molar-refractivity contribution in [1.82, 2.24) is 4.98 Å². The van der Waals surface area contributed by atoms with Crippen LogP contribution in [0.5, 0.6) is 0 Å². The Morgan fingerprint density at radius 1 is 1.15 bits per heavy atom. The summed E-state index contributed by atoms with van der Waals surface area (Å²) < 4.78 is 0. The van der Waals surface area contributed by atoms with Crippen LogP contribution in [0.3, 0.4) is 0 Å². The molecule has 1 aromatic heterocycles. The number of Topliss-reactive ketones (excluding diaryl/α,β-unsaturated/α-hetero) is 1. The highest BCUT2D eigenvalue weighted by Gasteiger charge is 2.27. The van der Waals surface area contributed by atoms with Crippen LogP contribution in [-0.4, -0.2) is 16.7 Å². The highest BCUT2D eigenvalue weighted by Crippen LogP contribution is 2.33. The Morgan fingerprint density at radius 3 is 2.65 bits per heavy atom. The number of H-pyrrole nitrogens is 1. The number of aromatic amines is 1. The molecule has 4 nitrogen and oxygen atoms in total. The molecule has 2 N–H and O–H groups in total. The summed E-state index contributed by atoms with van der Waals surface area (Å²) >= 11 is 6.14. The maximum atomic E-state index is 12.7. The van der Waals surface area contributed by atoms with Gasteiger partial charge in [0.05, 0.1) is 0 Å². The summed E-state index contributed by atoms with van der Waals surface area (Å²) in [5, 5.41) is 4.79. The molecular formula is C21H19ClN2O2. The summed E-state index contributed by atoms with van der Waals surface area (Å²) in [5.41, 5.74) is 4.83. The molecule has 5 heteroatoms. The first-order valence-corrected chi connectivity index (χ1v) is 9.10. The number of aryl methyl sites for hydroxylation is 1. The van der Waals surface area contributed by atoms with Crippen LogP contribution >= 0.6 is 11.6 Å². The van der Waals surface area contributed by atoms with Crippen molar-refractivity contribution in [1.29, 1.82) is 0 Å². The number of halogens is 1. The van der Waals surface area contributed by atoms with Gasteiger partial charge in [-0.25, -0.2) is 0 Å². The van der Waals surface area contributed by atoms with Crippen LogP contribution < -0.4 is 5.32 Å². The summed E-state index contributed by atoms with van der Waals surface area (Å²) in [7, 11) is 0. The molecule has 4 rings (SSSR count). The lowest BCUT2D eigenvalue weighted by molar-refractivity contribution is -0.120. The van der Waals surface area contributed by atoms with Gasteiger partial charge in [-0.05, 0) is 74.2 Å². The molecule has 0 spiro atoms. The van der Waals surface area contributed by atoms with E-state index in [9.17, 15) is 9.59 Å². The third-order valence-corrected chi connectivity index (χ3v) is 5.31. The minimum absolute atomic E-state index is 0.0145. The zero-order valence-electron chi connectivity index (χ0n) is 14.4. The smallest absolute Gasteiger partial charge is 0.227 e. The van der Waals surface area contributed by atoms with Gasteiger partial charge in [0, 0.05) is 38.8 Å². The first kappa shape index (κ1) is 16.9. The van der Waals surface area contributed by atoms with Crippen molar-refractivity contribution in [3.05, 3.63) is 64.3 Å². The largest absolute Gasteiger partial charge is 0.358 e. The van der Waals surface area contributed by atoms with E-state index >= 15 is 0 Å². The van der Waals surface area contributed by atoms with E-state index in [-0.39, 0.29) is 17.6 Å². The van der Waals surface area contributed by atoms with Gasteiger partial charge in [-0.15, -0.1) is 0 Å². The quantitative estimate of drug-likeness (QED) is 0.656. The van der Waals surface area contributed by atoms with Crippen molar-refractivity contribution in [3.63, 3.8) is 0 Å². The van der Waals surface area contributed by atoms with Gasteiger partial charge >= 0.3 is 0 Å². The van der Waals surface area contributed by atoms with Gasteiger partial charge in [0.1, 0.15) is 0 Å². The predicted molar refractivity (Wildman–Crippen MR) is 104 cm³/mol. The van der Waals surface area contributed by atoms with Gasteiger partial charge < -0.3 is 10.3 Å². The standard InChI is InChI=1S/C21H19ClN2O2/c1-12(25)13-2-6-16(7-3-13)23-21(26)14-4-8-19-17(10-14)18-11-15(22)5-9-20(18)24-19/h2-3,5-7,9,11,14,24H,4,8,10H2,1H3,(H,23,26). The van der Waals surface area contributed by atoms with E-state index < -0.39 is 0 Å². The van der Waals surface area contributed by atoms with Gasteiger partial charge in [-0.1, -0.05) is 11.6 Å². The van der Waals surface area contributed by atoms with Crippen molar-refractivity contribution in [3.8, 4) is 0 Å². The number of nitrogens with one attached hydrogen (secondary N) is 2. The third-order valence-electron chi connectivity index (χ3n) is 5.08. The molecule has 132 valence electrons. The second-order valence-electron chi connectivity index (χ2n) is 6.83. The number of anilines is 1. The lowest BCUT2D eigenvalue weighted by Gasteiger charge is -2.22. The zero-order valence-corrected chi connectivity index (χ0v) is 15.2. The van der Waals surface area contributed by atoms with E-state index in [1.807, 2.05) is 18.2 Å². The lowest BCUT2D eigenvalue weighted by atomic mass is 9.85.